The molecule has 4 rings (SSSR count). The van der Waals surface area contributed by atoms with Crippen molar-refractivity contribution in [1.82, 2.24) is 25.1 Å². The Labute approximate surface area is 198 Å². The average molecular weight is 488 g/mol. The van der Waals surface area contributed by atoms with E-state index < -0.39 is 23.4 Å². The van der Waals surface area contributed by atoms with Crippen molar-refractivity contribution < 1.29 is 18.7 Å². The number of nitrogens with one attached hydrogen (secondary N) is 1. The van der Waals surface area contributed by atoms with Gasteiger partial charge in [0.25, 0.3) is 5.91 Å². The zero-order chi connectivity index (χ0) is 24.1. The first-order valence-electron chi connectivity index (χ1n) is 10.7. The van der Waals surface area contributed by atoms with E-state index in [9.17, 15) is 13.6 Å². The van der Waals surface area contributed by atoms with Crippen LogP contribution in [0.2, 0.25) is 0 Å². The summed E-state index contributed by atoms with van der Waals surface area (Å²) in [5.41, 5.74) is 6.20. The molecule has 4 N–H and O–H groups in total. The number of carbonyl (C=O) groups is 1. The van der Waals surface area contributed by atoms with E-state index in [0.717, 1.165) is 44.2 Å². The standard InChI is InChI=1S/C22H23F2N7O2S/c23-15-6-7-18(24)30-20(15)19(25)16(9-26-14-4-2-1-3-5-14)28-21(33)17-11-34-22(29-17)13-8-27-31(10-13)12-32/h6-11,14,32H,1-5,12,25H2,(H,28,33)/b19-16+,26-9?. The Balaban J connectivity index is 1.61. The van der Waals surface area contributed by atoms with Crippen LogP contribution in [-0.4, -0.2) is 43.0 Å². The van der Waals surface area contributed by atoms with Gasteiger partial charge in [-0.2, -0.15) is 9.49 Å². The van der Waals surface area contributed by atoms with Crippen LogP contribution in [0, 0.1) is 11.8 Å². The van der Waals surface area contributed by atoms with Crippen LogP contribution in [0.5, 0.6) is 0 Å². The predicted molar refractivity (Wildman–Crippen MR) is 124 cm³/mol. The highest BCUT2D eigenvalue weighted by Crippen LogP contribution is 2.24. The summed E-state index contributed by atoms with van der Waals surface area (Å²) in [7, 11) is 0. The van der Waals surface area contributed by atoms with Gasteiger partial charge in [0.2, 0.25) is 5.95 Å². The molecule has 3 aromatic rings. The first kappa shape index (κ1) is 23.6. The fourth-order valence-electron chi connectivity index (χ4n) is 3.56. The number of aliphatic hydroxyl groups is 1. The predicted octanol–water partition coefficient (Wildman–Crippen LogP) is 3.09. The number of nitrogens with two attached hydrogens (primary N) is 1. The minimum absolute atomic E-state index is 0.00947. The number of carbonyl (C=O) groups excluding carboxylic acids is 1. The molecule has 0 spiro atoms. The van der Waals surface area contributed by atoms with Gasteiger partial charge in [-0.15, -0.1) is 11.3 Å². The minimum Gasteiger partial charge on any atom is -0.395 e. The van der Waals surface area contributed by atoms with Gasteiger partial charge in [-0.05, 0) is 25.0 Å². The average Bonchev–Trinajstić information content (AvgIpc) is 3.53. The smallest absolute Gasteiger partial charge is 0.275 e. The topological polar surface area (TPSA) is 131 Å². The Morgan fingerprint density at radius 2 is 2.09 bits per heavy atom. The molecule has 9 nitrogen and oxygen atoms in total. The van der Waals surface area contributed by atoms with Crippen LogP contribution in [0.1, 0.15) is 48.3 Å². The number of hydrogen-bond donors (Lipinski definition) is 3. The number of thiazole rings is 1. The van der Waals surface area contributed by atoms with Crippen LogP contribution in [0.15, 0.2) is 40.6 Å². The summed E-state index contributed by atoms with van der Waals surface area (Å²) in [5, 5.41) is 17.8. The van der Waals surface area contributed by atoms with Gasteiger partial charge in [0.15, 0.2) is 5.82 Å². The molecule has 0 unspecified atom stereocenters. The van der Waals surface area contributed by atoms with Gasteiger partial charge in [0, 0.05) is 23.4 Å². The second kappa shape index (κ2) is 10.6. The lowest BCUT2D eigenvalue weighted by atomic mass is 9.96. The Morgan fingerprint density at radius 1 is 1.29 bits per heavy atom. The number of rotatable bonds is 7. The highest BCUT2D eigenvalue weighted by atomic mass is 32.1. The third-order valence-electron chi connectivity index (χ3n) is 5.36. The van der Waals surface area contributed by atoms with Crippen molar-refractivity contribution in [2.75, 3.05) is 0 Å². The molecule has 0 aliphatic heterocycles. The number of aromatic nitrogens is 4. The van der Waals surface area contributed by atoms with Crippen LogP contribution < -0.4 is 11.1 Å². The first-order valence-corrected chi connectivity index (χ1v) is 11.6. The number of pyridine rings is 1. The van der Waals surface area contributed by atoms with Gasteiger partial charge in [-0.3, -0.25) is 9.79 Å². The summed E-state index contributed by atoms with van der Waals surface area (Å²) >= 11 is 1.22. The van der Waals surface area contributed by atoms with Crippen molar-refractivity contribution >= 4 is 29.2 Å². The van der Waals surface area contributed by atoms with E-state index in [4.69, 9.17) is 10.8 Å². The van der Waals surface area contributed by atoms with Gasteiger partial charge in [0.05, 0.1) is 23.6 Å². The van der Waals surface area contributed by atoms with E-state index in [1.807, 2.05) is 0 Å². The zero-order valence-corrected chi connectivity index (χ0v) is 18.9. The lowest BCUT2D eigenvalue weighted by Gasteiger charge is -2.18. The molecule has 12 heteroatoms. The van der Waals surface area contributed by atoms with Gasteiger partial charge >= 0.3 is 0 Å². The minimum atomic E-state index is -0.901. The number of hydrogen-bond acceptors (Lipinski definition) is 8. The van der Waals surface area contributed by atoms with Crippen molar-refractivity contribution in [1.29, 1.82) is 0 Å². The Bertz CT molecular complexity index is 1230. The summed E-state index contributed by atoms with van der Waals surface area (Å²) in [5.74, 6) is -2.32. The molecule has 34 heavy (non-hydrogen) atoms. The van der Waals surface area contributed by atoms with Crippen molar-refractivity contribution in [3.8, 4) is 10.6 Å². The largest absolute Gasteiger partial charge is 0.395 e. The maximum absolute atomic E-state index is 14.3. The molecule has 0 atom stereocenters. The quantitative estimate of drug-likeness (QED) is 0.347. The molecule has 0 aromatic carbocycles. The number of halogens is 2. The van der Waals surface area contributed by atoms with E-state index >= 15 is 0 Å². The van der Waals surface area contributed by atoms with E-state index in [0.29, 0.717) is 10.6 Å². The van der Waals surface area contributed by atoms with Gasteiger partial charge < -0.3 is 16.2 Å². The summed E-state index contributed by atoms with van der Waals surface area (Å²) in [6, 6.07) is 1.87. The molecule has 1 amide bonds. The summed E-state index contributed by atoms with van der Waals surface area (Å²) in [6.07, 6.45) is 9.56. The fourth-order valence-corrected chi connectivity index (χ4v) is 4.34. The molecular weight excluding hydrogens is 464 g/mol. The Morgan fingerprint density at radius 3 is 2.82 bits per heavy atom. The first-order chi connectivity index (χ1) is 16.4. The lowest BCUT2D eigenvalue weighted by molar-refractivity contribution is 0.0964. The summed E-state index contributed by atoms with van der Waals surface area (Å²) in [4.78, 5) is 25.3. The number of amides is 1. The van der Waals surface area contributed by atoms with Crippen molar-refractivity contribution in [2.45, 2.75) is 44.9 Å². The molecule has 1 fully saturated rings. The van der Waals surface area contributed by atoms with Gasteiger partial charge in [-0.25, -0.2) is 19.0 Å². The third-order valence-corrected chi connectivity index (χ3v) is 6.25. The molecule has 0 radical (unpaired) electrons. The Kier molecular flexibility index (Phi) is 7.38. The van der Waals surface area contributed by atoms with Crippen molar-refractivity contribution in [3.05, 3.63) is 58.8 Å². The summed E-state index contributed by atoms with van der Waals surface area (Å²) < 4.78 is 29.3. The van der Waals surface area contributed by atoms with Crippen molar-refractivity contribution in [2.24, 2.45) is 10.7 Å². The molecule has 0 saturated heterocycles. The van der Waals surface area contributed by atoms with Gasteiger partial charge in [-0.1, -0.05) is 19.3 Å². The Hall–Kier alpha value is -3.51. The highest BCUT2D eigenvalue weighted by molar-refractivity contribution is 7.13. The maximum atomic E-state index is 14.3. The summed E-state index contributed by atoms with van der Waals surface area (Å²) in [6.45, 7) is -0.281. The number of aliphatic hydroxyl groups excluding tert-OH is 1. The number of aliphatic imine (C=N–C) groups is 1. The normalized spacial score (nSPS) is 15.5. The monoisotopic (exact) mass is 487 g/mol. The lowest BCUT2D eigenvalue weighted by Crippen LogP contribution is -2.27. The van der Waals surface area contributed by atoms with Crippen molar-refractivity contribution in [3.63, 3.8) is 0 Å². The molecule has 1 aliphatic carbocycles. The molecule has 1 saturated carbocycles. The second-order valence-electron chi connectivity index (χ2n) is 7.76. The molecule has 0 bridgehead atoms. The molecule has 3 aromatic heterocycles. The second-order valence-corrected chi connectivity index (χ2v) is 8.62. The van der Waals surface area contributed by atoms with Crippen LogP contribution in [0.4, 0.5) is 8.78 Å². The van der Waals surface area contributed by atoms with E-state index in [1.54, 1.807) is 11.6 Å². The maximum Gasteiger partial charge on any atom is 0.275 e. The van der Waals surface area contributed by atoms with Crippen LogP contribution in [0.25, 0.3) is 16.3 Å². The van der Waals surface area contributed by atoms with E-state index in [2.05, 4.69) is 25.4 Å². The number of allylic oxidation sites excluding steroid dienone is 1. The number of nitrogens with zero attached hydrogens (tertiary/aromatic N) is 5. The zero-order valence-electron chi connectivity index (χ0n) is 18.1. The molecule has 1 aliphatic rings. The SMILES string of the molecule is N/C(=C(\C=NC1CCCCC1)NC(=O)c1csc(-c2cnn(CO)c2)n1)c1nc(F)ccc1F. The third kappa shape index (κ3) is 5.51. The van der Waals surface area contributed by atoms with E-state index in [-0.39, 0.29) is 29.9 Å². The molecule has 3 heterocycles. The highest BCUT2D eigenvalue weighted by Gasteiger charge is 2.19. The van der Waals surface area contributed by atoms with E-state index in [1.165, 1.54) is 28.4 Å². The van der Waals surface area contributed by atoms with Crippen LogP contribution in [-0.2, 0) is 6.73 Å². The van der Waals surface area contributed by atoms with Gasteiger partial charge in [0.1, 0.15) is 23.1 Å². The van der Waals surface area contributed by atoms with Crippen LogP contribution >= 0.6 is 11.3 Å². The molecule has 178 valence electrons. The molecular formula is C22H23F2N7O2S. The van der Waals surface area contributed by atoms with Crippen LogP contribution in [0.3, 0.4) is 0 Å². The fraction of sp³-hybridized carbons (Fsp3) is 0.318.